The van der Waals surface area contributed by atoms with Gasteiger partial charge in [-0.2, -0.15) is 0 Å². The lowest BCUT2D eigenvalue weighted by Crippen LogP contribution is -2.15. The van der Waals surface area contributed by atoms with Gasteiger partial charge >= 0.3 is 0 Å². The SMILES string of the molecule is OCc1cn(-c2ccc3c(c2)OCCO3)nn1. The van der Waals surface area contributed by atoms with Crippen LogP contribution in [0.1, 0.15) is 5.69 Å². The zero-order chi connectivity index (χ0) is 11.7. The molecule has 0 spiro atoms. The summed E-state index contributed by atoms with van der Waals surface area (Å²) in [6.45, 7) is 1.00. The van der Waals surface area contributed by atoms with Crippen molar-refractivity contribution in [2.45, 2.75) is 6.61 Å². The second kappa shape index (κ2) is 4.06. The molecular formula is C11H11N3O3. The molecule has 1 aliphatic rings. The van der Waals surface area contributed by atoms with E-state index in [9.17, 15) is 0 Å². The molecular weight excluding hydrogens is 222 g/mol. The Kier molecular flexibility index (Phi) is 2.41. The van der Waals surface area contributed by atoms with Crippen LogP contribution >= 0.6 is 0 Å². The van der Waals surface area contributed by atoms with E-state index >= 15 is 0 Å². The maximum absolute atomic E-state index is 8.93. The molecule has 0 atom stereocenters. The van der Waals surface area contributed by atoms with Crippen LogP contribution in [0.15, 0.2) is 24.4 Å². The van der Waals surface area contributed by atoms with Crippen LogP contribution in [0.2, 0.25) is 0 Å². The number of hydrogen-bond donors (Lipinski definition) is 1. The van der Waals surface area contributed by atoms with Gasteiger partial charge in [0.2, 0.25) is 0 Å². The van der Waals surface area contributed by atoms with Gasteiger partial charge in [-0.05, 0) is 12.1 Å². The Balaban J connectivity index is 1.97. The van der Waals surface area contributed by atoms with Gasteiger partial charge in [0.1, 0.15) is 18.9 Å². The molecule has 0 unspecified atom stereocenters. The number of hydrogen-bond acceptors (Lipinski definition) is 5. The van der Waals surface area contributed by atoms with Crippen molar-refractivity contribution in [1.82, 2.24) is 15.0 Å². The summed E-state index contributed by atoms with van der Waals surface area (Å²) in [5, 5.41) is 16.7. The Labute approximate surface area is 97.4 Å². The van der Waals surface area contributed by atoms with Gasteiger partial charge in [0.15, 0.2) is 11.5 Å². The average Bonchev–Trinajstić information content (AvgIpc) is 2.87. The number of fused-ring (bicyclic) bond motifs is 1. The molecule has 1 aromatic heterocycles. The summed E-state index contributed by atoms with van der Waals surface area (Å²) in [6.07, 6.45) is 1.67. The molecule has 0 saturated carbocycles. The van der Waals surface area contributed by atoms with Crippen LogP contribution in [-0.2, 0) is 6.61 Å². The molecule has 6 heteroatoms. The van der Waals surface area contributed by atoms with E-state index in [4.69, 9.17) is 14.6 Å². The van der Waals surface area contributed by atoms with Crippen molar-refractivity contribution in [3.63, 3.8) is 0 Å². The number of aliphatic hydroxyl groups excluding tert-OH is 1. The van der Waals surface area contributed by atoms with Crippen LogP contribution in [0.25, 0.3) is 5.69 Å². The summed E-state index contributed by atoms with van der Waals surface area (Å²) >= 11 is 0. The molecule has 1 aromatic carbocycles. The van der Waals surface area contributed by atoms with E-state index in [2.05, 4.69) is 10.3 Å². The van der Waals surface area contributed by atoms with Crippen LogP contribution in [-0.4, -0.2) is 33.3 Å². The summed E-state index contributed by atoms with van der Waals surface area (Å²) in [6, 6.07) is 5.54. The van der Waals surface area contributed by atoms with Gasteiger partial charge in [-0.25, -0.2) is 4.68 Å². The zero-order valence-electron chi connectivity index (χ0n) is 9.04. The third-order valence-electron chi connectivity index (χ3n) is 2.49. The molecule has 1 N–H and O–H groups in total. The highest BCUT2D eigenvalue weighted by Gasteiger charge is 2.12. The van der Waals surface area contributed by atoms with E-state index in [1.54, 1.807) is 10.9 Å². The van der Waals surface area contributed by atoms with Gasteiger partial charge in [0, 0.05) is 6.07 Å². The van der Waals surface area contributed by atoms with Gasteiger partial charge in [-0.3, -0.25) is 0 Å². The number of benzene rings is 1. The first-order valence-electron chi connectivity index (χ1n) is 5.29. The second-order valence-electron chi connectivity index (χ2n) is 3.64. The quantitative estimate of drug-likeness (QED) is 0.819. The highest BCUT2D eigenvalue weighted by molar-refractivity contribution is 5.49. The van der Waals surface area contributed by atoms with E-state index in [1.807, 2.05) is 18.2 Å². The summed E-state index contributed by atoms with van der Waals surface area (Å²) in [7, 11) is 0. The minimum Gasteiger partial charge on any atom is -0.486 e. The zero-order valence-corrected chi connectivity index (χ0v) is 9.04. The largest absolute Gasteiger partial charge is 0.486 e. The summed E-state index contributed by atoms with van der Waals surface area (Å²) in [5.74, 6) is 1.44. The Morgan fingerprint density at radius 2 is 2.06 bits per heavy atom. The first kappa shape index (κ1) is 10.1. The molecule has 0 saturated heterocycles. The molecule has 0 bridgehead atoms. The van der Waals surface area contributed by atoms with Crippen LogP contribution in [0.3, 0.4) is 0 Å². The lowest BCUT2D eigenvalue weighted by molar-refractivity contribution is 0.171. The van der Waals surface area contributed by atoms with Crippen molar-refractivity contribution >= 4 is 0 Å². The van der Waals surface area contributed by atoms with E-state index in [-0.39, 0.29) is 6.61 Å². The molecule has 2 heterocycles. The fourth-order valence-corrected chi connectivity index (χ4v) is 1.67. The highest BCUT2D eigenvalue weighted by Crippen LogP contribution is 2.31. The Hall–Kier alpha value is -2.08. The Morgan fingerprint density at radius 1 is 1.24 bits per heavy atom. The lowest BCUT2D eigenvalue weighted by atomic mass is 10.2. The minimum absolute atomic E-state index is 0.120. The maximum Gasteiger partial charge on any atom is 0.163 e. The maximum atomic E-state index is 8.93. The van der Waals surface area contributed by atoms with Crippen molar-refractivity contribution in [1.29, 1.82) is 0 Å². The van der Waals surface area contributed by atoms with Crippen LogP contribution < -0.4 is 9.47 Å². The molecule has 0 radical (unpaired) electrons. The molecule has 6 nitrogen and oxygen atoms in total. The molecule has 0 amide bonds. The fraction of sp³-hybridized carbons (Fsp3) is 0.273. The average molecular weight is 233 g/mol. The van der Waals surface area contributed by atoms with Gasteiger partial charge in [0.05, 0.1) is 18.5 Å². The minimum atomic E-state index is -0.120. The van der Waals surface area contributed by atoms with Crippen molar-refractivity contribution in [2.75, 3.05) is 13.2 Å². The number of nitrogens with zero attached hydrogens (tertiary/aromatic N) is 3. The van der Waals surface area contributed by atoms with Crippen molar-refractivity contribution in [3.05, 3.63) is 30.1 Å². The first-order valence-corrected chi connectivity index (χ1v) is 5.29. The van der Waals surface area contributed by atoms with E-state index in [0.717, 1.165) is 11.4 Å². The fourth-order valence-electron chi connectivity index (χ4n) is 1.67. The number of rotatable bonds is 2. The normalized spacial score (nSPS) is 13.7. The Bertz CT molecular complexity index is 539. The van der Waals surface area contributed by atoms with Gasteiger partial charge in [-0.15, -0.1) is 5.10 Å². The summed E-state index contributed by atoms with van der Waals surface area (Å²) in [5.41, 5.74) is 1.35. The third kappa shape index (κ3) is 1.83. The summed E-state index contributed by atoms with van der Waals surface area (Å²) < 4.78 is 12.5. The summed E-state index contributed by atoms with van der Waals surface area (Å²) in [4.78, 5) is 0. The number of ether oxygens (including phenoxy) is 2. The van der Waals surface area contributed by atoms with Crippen LogP contribution in [0, 0.1) is 0 Å². The Morgan fingerprint density at radius 3 is 2.82 bits per heavy atom. The monoisotopic (exact) mass is 233 g/mol. The highest BCUT2D eigenvalue weighted by atomic mass is 16.6. The molecule has 3 rings (SSSR count). The lowest BCUT2D eigenvalue weighted by Gasteiger charge is -2.18. The topological polar surface area (TPSA) is 69.4 Å². The standard InChI is InChI=1S/C11H11N3O3/c15-7-8-6-14(13-12-8)9-1-2-10-11(5-9)17-4-3-16-10/h1-2,5-6,15H,3-4,7H2. The van der Waals surface area contributed by atoms with Crippen molar-refractivity contribution in [2.24, 2.45) is 0 Å². The van der Waals surface area contributed by atoms with Crippen LogP contribution in [0.4, 0.5) is 0 Å². The number of aromatic nitrogens is 3. The van der Waals surface area contributed by atoms with E-state index in [1.165, 1.54) is 0 Å². The molecule has 0 fully saturated rings. The van der Waals surface area contributed by atoms with Crippen LogP contribution in [0.5, 0.6) is 11.5 Å². The van der Waals surface area contributed by atoms with Crippen molar-refractivity contribution < 1.29 is 14.6 Å². The molecule has 17 heavy (non-hydrogen) atoms. The predicted octanol–water partition coefficient (Wildman–Crippen LogP) is 0.531. The molecule has 0 aliphatic carbocycles. The van der Waals surface area contributed by atoms with E-state index < -0.39 is 0 Å². The molecule has 88 valence electrons. The van der Waals surface area contributed by atoms with Gasteiger partial charge in [-0.1, -0.05) is 5.21 Å². The van der Waals surface area contributed by atoms with Crippen molar-refractivity contribution in [3.8, 4) is 17.2 Å². The van der Waals surface area contributed by atoms with E-state index in [0.29, 0.717) is 24.7 Å². The second-order valence-corrected chi connectivity index (χ2v) is 3.64. The molecule has 2 aromatic rings. The molecule has 1 aliphatic heterocycles. The third-order valence-corrected chi connectivity index (χ3v) is 2.49. The number of aliphatic hydroxyl groups is 1. The predicted molar refractivity (Wildman–Crippen MR) is 58.3 cm³/mol. The van der Waals surface area contributed by atoms with Gasteiger partial charge in [0.25, 0.3) is 0 Å². The smallest absolute Gasteiger partial charge is 0.163 e. The van der Waals surface area contributed by atoms with Gasteiger partial charge < -0.3 is 14.6 Å². The first-order chi connectivity index (χ1) is 8.36.